The number of fused-ring (bicyclic) bond motifs is 1. The molecule has 0 saturated heterocycles. The molecule has 0 N–H and O–H groups in total. The van der Waals surface area contributed by atoms with Crippen molar-refractivity contribution >= 4 is 46.4 Å². The van der Waals surface area contributed by atoms with E-state index in [4.69, 9.17) is 23.2 Å². The Morgan fingerprint density at radius 2 is 1.45 bits per heavy atom. The highest BCUT2D eigenvalue weighted by Crippen LogP contribution is 2.39. The van der Waals surface area contributed by atoms with Gasteiger partial charge in [0, 0.05) is 21.2 Å². The molecule has 0 fully saturated rings. The molecule has 0 saturated carbocycles. The first kappa shape index (κ1) is 19.5. The molecule has 3 aromatic carbocycles. The Bertz CT molecular complexity index is 1060. The van der Waals surface area contributed by atoms with Crippen molar-refractivity contribution in [2.75, 3.05) is 9.80 Å². The molecular formula is C23H18Cl2N2O2. The number of anilines is 2. The Kier molecular flexibility index (Phi) is 5.31. The van der Waals surface area contributed by atoms with Crippen LogP contribution in [0.15, 0.2) is 72.8 Å². The smallest absolute Gasteiger partial charge is 0.259 e. The van der Waals surface area contributed by atoms with E-state index in [2.05, 4.69) is 0 Å². The van der Waals surface area contributed by atoms with Gasteiger partial charge in [-0.25, -0.2) is 0 Å². The van der Waals surface area contributed by atoms with E-state index in [0.29, 0.717) is 32.5 Å². The minimum absolute atomic E-state index is 0.191. The Morgan fingerprint density at radius 3 is 2.10 bits per heavy atom. The fourth-order valence-electron chi connectivity index (χ4n) is 3.57. The summed E-state index contributed by atoms with van der Waals surface area (Å²) < 4.78 is 0. The summed E-state index contributed by atoms with van der Waals surface area (Å²) in [6.45, 7) is 1.96. The molecule has 146 valence electrons. The van der Waals surface area contributed by atoms with Gasteiger partial charge in [-0.05, 0) is 43.3 Å². The second kappa shape index (κ2) is 7.90. The molecule has 0 aliphatic carbocycles. The maximum atomic E-state index is 13.3. The highest BCUT2D eigenvalue weighted by atomic mass is 35.5. The van der Waals surface area contributed by atoms with Gasteiger partial charge in [0.15, 0.2) is 0 Å². The topological polar surface area (TPSA) is 40.6 Å². The highest BCUT2D eigenvalue weighted by molar-refractivity contribution is 6.36. The van der Waals surface area contributed by atoms with Gasteiger partial charge in [0.25, 0.3) is 5.91 Å². The molecule has 1 aliphatic rings. The van der Waals surface area contributed by atoms with E-state index >= 15 is 0 Å². The zero-order valence-corrected chi connectivity index (χ0v) is 17.2. The normalized spacial score (nSPS) is 16.0. The van der Waals surface area contributed by atoms with Gasteiger partial charge in [-0.2, -0.15) is 0 Å². The summed E-state index contributed by atoms with van der Waals surface area (Å²) in [5, 5.41) is 0.997. The summed E-state index contributed by atoms with van der Waals surface area (Å²) in [6, 6.07) is 20.9. The summed E-state index contributed by atoms with van der Waals surface area (Å²) >= 11 is 12.7. The van der Waals surface area contributed by atoms with Gasteiger partial charge in [0.05, 0.1) is 17.9 Å². The average Bonchev–Trinajstić information content (AvgIpc) is 2.74. The van der Waals surface area contributed by atoms with Crippen LogP contribution < -0.4 is 9.80 Å². The number of hydrogen-bond donors (Lipinski definition) is 0. The molecule has 0 spiro atoms. The van der Waals surface area contributed by atoms with Crippen LogP contribution in [0.1, 0.15) is 22.8 Å². The summed E-state index contributed by atoms with van der Waals surface area (Å²) in [6.07, 6.45) is 0. The number of halogens is 2. The zero-order valence-electron chi connectivity index (χ0n) is 15.7. The third-order valence-electron chi connectivity index (χ3n) is 5.06. The maximum absolute atomic E-state index is 13.3. The van der Waals surface area contributed by atoms with E-state index in [1.807, 2.05) is 30.3 Å². The number of amides is 2. The second-order valence-corrected chi connectivity index (χ2v) is 7.64. The van der Waals surface area contributed by atoms with Crippen molar-refractivity contribution in [2.24, 2.45) is 0 Å². The predicted molar refractivity (Wildman–Crippen MR) is 117 cm³/mol. The lowest BCUT2D eigenvalue weighted by atomic mass is 10.0. The van der Waals surface area contributed by atoms with Crippen molar-refractivity contribution < 1.29 is 9.59 Å². The monoisotopic (exact) mass is 424 g/mol. The molecule has 1 aliphatic heterocycles. The van der Waals surface area contributed by atoms with Gasteiger partial charge >= 0.3 is 0 Å². The van der Waals surface area contributed by atoms with Crippen LogP contribution in [0.25, 0.3) is 0 Å². The van der Waals surface area contributed by atoms with Gasteiger partial charge in [-0.3, -0.25) is 14.5 Å². The van der Waals surface area contributed by atoms with Crippen molar-refractivity contribution in [3.05, 3.63) is 94.0 Å². The van der Waals surface area contributed by atoms with Crippen LogP contribution in [0.4, 0.5) is 11.4 Å². The third-order valence-corrected chi connectivity index (χ3v) is 5.77. The summed E-state index contributed by atoms with van der Waals surface area (Å²) in [7, 11) is 0. The van der Waals surface area contributed by atoms with Crippen LogP contribution in [-0.4, -0.2) is 17.9 Å². The first-order valence-electron chi connectivity index (χ1n) is 9.21. The minimum atomic E-state index is -0.668. The fourth-order valence-corrected chi connectivity index (χ4v) is 4.09. The van der Waals surface area contributed by atoms with Crippen LogP contribution in [-0.2, 0) is 11.3 Å². The molecule has 1 atom stereocenters. The van der Waals surface area contributed by atoms with Crippen LogP contribution >= 0.6 is 23.2 Å². The van der Waals surface area contributed by atoms with Gasteiger partial charge in [0.1, 0.15) is 6.04 Å². The van der Waals surface area contributed by atoms with Gasteiger partial charge in [0.2, 0.25) is 5.91 Å². The first-order valence-corrected chi connectivity index (χ1v) is 9.96. The predicted octanol–water partition coefficient (Wildman–Crippen LogP) is 5.58. The van der Waals surface area contributed by atoms with Gasteiger partial charge in [-0.15, -0.1) is 0 Å². The number of carbonyl (C=O) groups excluding carboxylic acids is 2. The number of benzene rings is 3. The SMILES string of the molecule is C[C@H]1C(=O)N(Cc2c(Cl)cccc2Cl)c2ccccc2N1C(=O)c1ccccc1. The molecule has 0 aromatic heterocycles. The standard InChI is InChI=1S/C23H18Cl2N2O2/c1-15-22(28)26(14-17-18(24)10-7-11-19(17)25)20-12-5-6-13-21(20)27(15)23(29)16-8-3-2-4-9-16/h2-13,15H,14H2,1H3/t15-/m0/s1. The minimum Gasteiger partial charge on any atom is -0.304 e. The van der Waals surface area contributed by atoms with Crippen molar-refractivity contribution in [1.82, 2.24) is 0 Å². The molecule has 1 heterocycles. The summed E-state index contributed by atoms with van der Waals surface area (Å²) in [5.41, 5.74) is 2.53. The first-order chi connectivity index (χ1) is 14.0. The maximum Gasteiger partial charge on any atom is 0.259 e. The Balaban J connectivity index is 1.78. The fraction of sp³-hybridized carbons (Fsp3) is 0.130. The number of rotatable bonds is 3. The van der Waals surface area contributed by atoms with E-state index in [9.17, 15) is 9.59 Å². The number of nitrogens with zero attached hydrogens (tertiary/aromatic N) is 2. The molecule has 0 radical (unpaired) electrons. The molecule has 0 unspecified atom stereocenters. The van der Waals surface area contributed by atoms with E-state index in [1.165, 1.54) is 0 Å². The Morgan fingerprint density at radius 1 is 0.862 bits per heavy atom. The molecule has 29 heavy (non-hydrogen) atoms. The Hall–Kier alpha value is -2.82. The van der Waals surface area contributed by atoms with Crippen molar-refractivity contribution in [3.8, 4) is 0 Å². The molecule has 4 nitrogen and oxygen atoms in total. The van der Waals surface area contributed by atoms with E-state index in [1.54, 1.807) is 59.2 Å². The van der Waals surface area contributed by atoms with E-state index in [-0.39, 0.29) is 18.4 Å². The third kappa shape index (κ3) is 3.50. The number of para-hydroxylation sites is 2. The summed E-state index contributed by atoms with van der Waals surface area (Å²) in [4.78, 5) is 29.7. The van der Waals surface area contributed by atoms with Crippen molar-refractivity contribution in [3.63, 3.8) is 0 Å². The number of carbonyl (C=O) groups is 2. The molecule has 6 heteroatoms. The van der Waals surface area contributed by atoms with Crippen LogP contribution in [0.2, 0.25) is 10.0 Å². The number of hydrogen-bond acceptors (Lipinski definition) is 2. The Labute approximate surface area is 179 Å². The molecule has 4 rings (SSSR count). The lowest BCUT2D eigenvalue weighted by molar-refractivity contribution is -0.119. The molecule has 2 amide bonds. The lowest BCUT2D eigenvalue weighted by Gasteiger charge is -2.40. The lowest BCUT2D eigenvalue weighted by Crippen LogP contribution is -2.54. The van der Waals surface area contributed by atoms with Gasteiger partial charge < -0.3 is 4.90 Å². The quantitative estimate of drug-likeness (QED) is 0.550. The average molecular weight is 425 g/mol. The van der Waals surface area contributed by atoms with Crippen LogP contribution in [0.5, 0.6) is 0 Å². The second-order valence-electron chi connectivity index (χ2n) is 6.83. The van der Waals surface area contributed by atoms with Crippen LogP contribution in [0, 0.1) is 0 Å². The highest BCUT2D eigenvalue weighted by Gasteiger charge is 2.39. The van der Waals surface area contributed by atoms with Crippen LogP contribution in [0.3, 0.4) is 0 Å². The van der Waals surface area contributed by atoms with E-state index < -0.39 is 6.04 Å². The summed E-state index contributed by atoms with van der Waals surface area (Å²) in [5.74, 6) is -0.404. The van der Waals surface area contributed by atoms with Crippen molar-refractivity contribution in [2.45, 2.75) is 19.5 Å². The molecule has 3 aromatic rings. The molecular weight excluding hydrogens is 407 g/mol. The van der Waals surface area contributed by atoms with Crippen molar-refractivity contribution in [1.29, 1.82) is 0 Å². The molecule has 0 bridgehead atoms. The largest absolute Gasteiger partial charge is 0.304 e. The van der Waals surface area contributed by atoms with E-state index in [0.717, 1.165) is 0 Å². The van der Waals surface area contributed by atoms with Gasteiger partial charge in [-0.1, -0.05) is 59.6 Å². The zero-order chi connectivity index (χ0) is 20.5.